The molecule has 4 amide bonds. The third kappa shape index (κ3) is 7.50. The minimum Gasteiger partial charge on any atom is -0.453 e. The Balaban J connectivity index is 1.30. The molecule has 0 spiro atoms. The fraction of sp³-hybridized carbons (Fsp3) is 0.432. The van der Waals surface area contributed by atoms with Gasteiger partial charge in [-0.25, -0.2) is 19.7 Å². The first-order valence-corrected chi connectivity index (χ1v) is 18.1. The standard InChI is InChI=1S/C37H42BrN9O6/c1-18(2)30(43-36(52)53-7)35(51)41-17-37-12-26(34(50)44-33-19(3)8-9-28(38)42-33)47(27(37)13-37)29(49)16-46-32-20(4)10-23(24-14-39-22(6)40-15-24)11-25(32)31(45-46)21(5)48/h8-11,14-15,18,26-27,30H,12-13,16-17H2,1-7H3,(H,41,51)(H,43,52)(H,42,44,50)/t26-,27+,30-,37-/m0/s1. The second-order valence-electron chi connectivity index (χ2n) is 14.2. The van der Waals surface area contributed by atoms with E-state index in [-0.39, 0.29) is 42.4 Å². The minimum absolute atomic E-state index is 0.189. The zero-order valence-corrected chi connectivity index (χ0v) is 32.2. The molecule has 1 saturated heterocycles. The Kier molecular flexibility index (Phi) is 10.4. The van der Waals surface area contributed by atoms with Gasteiger partial charge < -0.3 is 25.6 Å². The number of carbonyl (C=O) groups is 5. The molecule has 1 aliphatic carbocycles. The van der Waals surface area contributed by atoms with Crippen LogP contribution in [0.3, 0.4) is 0 Å². The largest absolute Gasteiger partial charge is 0.453 e. The Morgan fingerprint density at radius 3 is 2.40 bits per heavy atom. The third-order valence-corrected chi connectivity index (χ3v) is 10.5. The summed E-state index contributed by atoms with van der Waals surface area (Å²) in [6, 6.07) is 5.32. The fourth-order valence-corrected chi connectivity index (χ4v) is 7.52. The molecule has 1 aromatic carbocycles. The van der Waals surface area contributed by atoms with Crippen molar-refractivity contribution in [2.45, 2.75) is 79.1 Å². The molecule has 4 aromatic rings. The molecule has 0 radical (unpaired) electrons. The predicted molar refractivity (Wildman–Crippen MR) is 199 cm³/mol. The quantitative estimate of drug-likeness (QED) is 0.146. The van der Waals surface area contributed by atoms with Crippen LogP contribution >= 0.6 is 15.9 Å². The Bertz CT molecular complexity index is 2130. The normalized spacial score (nSPS) is 19.5. The van der Waals surface area contributed by atoms with Crippen LogP contribution in [0.1, 0.15) is 61.1 Å². The second-order valence-corrected chi connectivity index (χ2v) is 15.1. The van der Waals surface area contributed by atoms with Gasteiger partial charge in [0.25, 0.3) is 0 Å². The maximum Gasteiger partial charge on any atom is 0.407 e. The van der Waals surface area contributed by atoms with Crippen molar-refractivity contribution >= 4 is 62.2 Å². The Morgan fingerprint density at radius 1 is 1.02 bits per heavy atom. The highest BCUT2D eigenvalue weighted by Gasteiger charge is 2.67. The van der Waals surface area contributed by atoms with Gasteiger partial charge in [-0.2, -0.15) is 5.10 Å². The summed E-state index contributed by atoms with van der Waals surface area (Å²) in [7, 11) is 1.23. The van der Waals surface area contributed by atoms with Gasteiger partial charge in [-0.15, -0.1) is 0 Å². The molecule has 2 fully saturated rings. The molecule has 2 aliphatic rings. The number of alkyl carbamates (subject to hydrolysis) is 1. The predicted octanol–water partition coefficient (Wildman–Crippen LogP) is 4.27. The third-order valence-electron chi connectivity index (χ3n) is 10.1. The van der Waals surface area contributed by atoms with Crippen molar-refractivity contribution in [3.63, 3.8) is 0 Å². The molecule has 15 nitrogen and oxygen atoms in total. The highest BCUT2D eigenvalue weighted by atomic mass is 79.9. The summed E-state index contributed by atoms with van der Waals surface area (Å²) < 4.78 is 6.78. The number of hydrogen-bond donors (Lipinski definition) is 3. The molecule has 1 aliphatic heterocycles. The van der Waals surface area contributed by atoms with Crippen LogP contribution in [0.15, 0.2) is 41.3 Å². The van der Waals surface area contributed by atoms with E-state index in [0.29, 0.717) is 40.0 Å². The van der Waals surface area contributed by atoms with E-state index in [1.165, 1.54) is 18.7 Å². The Morgan fingerprint density at radius 2 is 1.74 bits per heavy atom. The average molecular weight is 789 g/mol. The number of ketones is 1. The average Bonchev–Trinajstić information content (AvgIpc) is 3.52. The fourth-order valence-electron chi connectivity index (χ4n) is 7.21. The van der Waals surface area contributed by atoms with E-state index in [1.807, 2.05) is 45.9 Å². The van der Waals surface area contributed by atoms with Gasteiger partial charge in [0.2, 0.25) is 17.7 Å². The number of anilines is 1. The molecule has 3 aromatic heterocycles. The number of ether oxygens (including phenoxy) is 1. The topological polar surface area (TPSA) is 190 Å². The van der Waals surface area contributed by atoms with Gasteiger partial charge in [0.05, 0.1) is 12.6 Å². The Hall–Kier alpha value is -5.25. The van der Waals surface area contributed by atoms with E-state index in [9.17, 15) is 24.0 Å². The van der Waals surface area contributed by atoms with Crippen LogP contribution in [0.5, 0.6) is 0 Å². The number of aromatic nitrogens is 5. The van der Waals surface area contributed by atoms with Crippen LogP contribution in [-0.4, -0.2) is 91.0 Å². The van der Waals surface area contributed by atoms with Crippen LogP contribution in [0, 0.1) is 32.1 Å². The SMILES string of the molecule is COC(=O)N[C@H](C(=O)NC[C@@]12C[C@@H](C(=O)Nc3nc(Br)ccc3C)N(C(=O)Cn3nc(C(C)=O)c4cc(-c5cnc(C)nc5)cc(C)c43)[C@@H]1C2)C(C)C. The number of aryl methyl sites for hydroxylation is 3. The maximum absolute atomic E-state index is 14.4. The molecule has 3 N–H and O–H groups in total. The number of nitrogens with one attached hydrogen (secondary N) is 3. The van der Waals surface area contributed by atoms with E-state index in [0.717, 1.165) is 22.3 Å². The van der Waals surface area contributed by atoms with E-state index in [4.69, 9.17) is 4.74 Å². The van der Waals surface area contributed by atoms with Gasteiger partial charge in [-0.05, 0) is 90.4 Å². The molecular formula is C37H42BrN9O6. The molecular weight excluding hydrogens is 746 g/mol. The first-order chi connectivity index (χ1) is 25.1. The summed E-state index contributed by atoms with van der Waals surface area (Å²) in [5.41, 5.74) is 3.40. The van der Waals surface area contributed by atoms with Crippen molar-refractivity contribution in [1.29, 1.82) is 0 Å². The summed E-state index contributed by atoms with van der Waals surface area (Å²) in [5.74, 6) is -0.644. The number of likely N-dealkylation sites (tertiary alicyclic amines) is 1. The number of rotatable bonds is 11. The lowest BCUT2D eigenvalue weighted by Gasteiger charge is -2.27. The van der Waals surface area contributed by atoms with Gasteiger partial charge in [-0.1, -0.05) is 19.9 Å². The molecule has 4 heterocycles. The summed E-state index contributed by atoms with van der Waals surface area (Å²) in [6.07, 6.45) is 3.57. The molecule has 1 saturated carbocycles. The molecule has 278 valence electrons. The van der Waals surface area contributed by atoms with Gasteiger partial charge >= 0.3 is 6.09 Å². The van der Waals surface area contributed by atoms with Crippen LogP contribution in [0.25, 0.3) is 22.0 Å². The van der Waals surface area contributed by atoms with Crippen LogP contribution < -0.4 is 16.0 Å². The molecule has 0 bridgehead atoms. The summed E-state index contributed by atoms with van der Waals surface area (Å²) >= 11 is 3.36. The van der Waals surface area contributed by atoms with Gasteiger partial charge in [0, 0.05) is 48.3 Å². The number of fused-ring (bicyclic) bond motifs is 2. The number of hydrogen-bond acceptors (Lipinski definition) is 10. The molecule has 53 heavy (non-hydrogen) atoms. The van der Waals surface area contributed by atoms with Crippen molar-refractivity contribution < 1.29 is 28.7 Å². The first kappa shape index (κ1) is 37.5. The second kappa shape index (κ2) is 14.6. The van der Waals surface area contributed by atoms with Crippen LogP contribution in [0.4, 0.5) is 10.6 Å². The van der Waals surface area contributed by atoms with Crippen LogP contribution in [0.2, 0.25) is 0 Å². The van der Waals surface area contributed by atoms with E-state index >= 15 is 0 Å². The van der Waals surface area contributed by atoms with Gasteiger partial charge in [-0.3, -0.25) is 23.9 Å². The van der Waals surface area contributed by atoms with Crippen molar-refractivity contribution in [2.75, 3.05) is 19.0 Å². The molecule has 0 unspecified atom stereocenters. The zero-order valence-electron chi connectivity index (χ0n) is 30.6. The van der Waals surface area contributed by atoms with E-state index < -0.39 is 35.4 Å². The first-order valence-electron chi connectivity index (χ1n) is 17.3. The number of amides is 4. The van der Waals surface area contributed by atoms with Crippen LogP contribution in [-0.2, 0) is 25.7 Å². The lowest BCUT2D eigenvalue weighted by atomic mass is 9.98. The number of Topliss-reactive ketones (excluding diaryl/α,β-unsaturated/α-hetero) is 1. The van der Waals surface area contributed by atoms with Crippen molar-refractivity contribution in [3.05, 3.63) is 63.9 Å². The lowest BCUT2D eigenvalue weighted by molar-refractivity contribution is -0.138. The Labute approximate surface area is 314 Å². The number of nitrogens with zero attached hydrogens (tertiary/aromatic N) is 6. The molecule has 4 atom stereocenters. The summed E-state index contributed by atoms with van der Waals surface area (Å²) in [6.45, 7) is 10.5. The lowest BCUT2D eigenvalue weighted by Crippen LogP contribution is -2.50. The summed E-state index contributed by atoms with van der Waals surface area (Å²) in [4.78, 5) is 81.1. The highest BCUT2D eigenvalue weighted by molar-refractivity contribution is 9.10. The highest BCUT2D eigenvalue weighted by Crippen LogP contribution is 2.59. The number of pyridine rings is 1. The number of carbonyl (C=O) groups excluding carboxylic acids is 5. The maximum atomic E-state index is 14.4. The number of halogens is 1. The van der Waals surface area contributed by atoms with E-state index in [2.05, 4.69) is 51.9 Å². The van der Waals surface area contributed by atoms with Gasteiger partial charge in [0.15, 0.2) is 5.78 Å². The summed E-state index contributed by atoms with van der Waals surface area (Å²) in [5, 5.41) is 13.7. The van der Waals surface area contributed by atoms with Gasteiger partial charge in [0.1, 0.15) is 40.6 Å². The van der Waals surface area contributed by atoms with Crippen molar-refractivity contribution in [1.82, 2.24) is 40.3 Å². The van der Waals surface area contributed by atoms with Crippen molar-refractivity contribution in [3.8, 4) is 11.1 Å². The molecule has 16 heteroatoms. The van der Waals surface area contributed by atoms with E-state index in [1.54, 1.807) is 30.3 Å². The molecule has 6 rings (SSSR count). The minimum atomic E-state index is -0.879. The monoisotopic (exact) mass is 787 g/mol. The van der Waals surface area contributed by atoms with Crippen molar-refractivity contribution in [2.24, 2.45) is 11.3 Å². The smallest absolute Gasteiger partial charge is 0.407 e. The zero-order chi connectivity index (χ0) is 38.4. The number of piperidine rings is 1. The number of benzene rings is 1. The number of methoxy groups -OCH3 is 1.